The first kappa shape index (κ1) is 11.6. The summed E-state index contributed by atoms with van der Waals surface area (Å²) in [6, 6.07) is 6.05. The quantitative estimate of drug-likeness (QED) is 0.811. The van der Waals surface area contributed by atoms with Crippen molar-refractivity contribution in [2.45, 2.75) is 32.7 Å². The molecule has 1 aromatic rings. The summed E-state index contributed by atoms with van der Waals surface area (Å²) in [5, 5.41) is 0. The summed E-state index contributed by atoms with van der Waals surface area (Å²) >= 11 is 0. The minimum absolute atomic E-state index is 0.201. The van der Waals surface area contributed by atoms with Crippen molar-refractivity contribution in [1.82, 2.24) is 4.90 Å². The first-order valence-electron chi connectivity index (χ1n) is 6.81. The molecule has 3 rings (SSSR count). The van der Waals surface area contributed by atoms with Gasteiger partial charge in [0.2, 0.25) is 5.91 Å². The summed E-state index contributed by atoms with van der Waals surface area (Å²) in [5.74, 6) is 1.16. The van der Waals surface area contributed by atoms with Crippen LogP contribution in [0.2, 0.25) is 0 Å². The number of fused-ring (bicyclic) bond motifs is 1. The van der Waals surface area contributed by atoms with Crippen LogP contribution in [0.1, 0.15) is 30.9 Å². The molecule has 1 amide bonds. The number of nitrogens with zero attached hydrogens (tertiary/aromatic N) is 1. The Morgan fingerprint density at radius 3 is 2.89 bits per heavy atom. The zero-order valence-corrected chi connectivity index (χ0v) is 10.9. The van der Waals surface area contributed by atoms with Gasteiger partial charge in [-0.05, 0) is 48.4 Å². The summed E-state index contributed by atoms with van der Waals surface area (Å²) in [6.07, 6.45) is 3.41. The van der Waals surface area contributed by atoms with Gasteiger partial charge in [-0.25, -0.2) is 0 Å². The van der Waals surface area contributed by atoms with Crippen LogP contribution in [0.5, 0.6) is 0 Å². The summed E-state index contributed by atoms with van der Waals surface area (Å²) < 4.78 is 0. The largest absolute Gasteiger partial charge is 0.399 e. The molecular weight excluding hydrogens is 224 g/mol. The monoisotopic (exact) mass is 244 g/mol. The van der Waals surface area contributed by atoms with Crippen molar-refractivity contribution < 1.29 is 4.79 Å². The van der Waals surface area contributed by atoms with E-state index in [0.29, 0.717) is 11.8 Å². The summed E-state index contributed by atoms with van der Waals surface area (Å²) in [4.78, 5) is 14.4. The topological polar surface area (TPSA) is 46.3 Å². The van der Waals surface area contributed by atoms with E-state index >= 15 is 0 Å². The van der Waals surface area contributed by atoms with E-state index in [1.807, 2.05) is 17.0 Å². The first-order valence-corrected chi connectivity index (χ1v) is 6.81. The Balaban J connectivity index is 1.75. The molecule has 18 heavy (non-hydrogen) atoms. The maximum Gasteiger partial charge on any atom is 0.225 e. The number of amides is 1. The molecule has 0 saturated heterocycles. The second kappa shape index (κ2) is 4.30. The molecule has 2 aliphatic rings. The van der Waals surface area contributed by atoms with E-state index in [0.717, 1.165) is 25.2 Å². The van der Waals surface area contributed by atoms with E-state index in [9.17, 15) is 4.79 Å². The normalized spacial score (nSPS) is 20.4. The van der Waals surface area contributed by atoms with Crippen molar-refractivity contribution in [2.75, 3.05) is 12.3 Å². The summed E-state index contributed by atoms with van der Waals surface area (Å²) in [7, 11) is 0. The van der Waals surface area contributed by atoms with Crippen molar-refractivity contribution in [1.29, 1.82) is 0 Å². The Morgan fingerprint density at radius 2 is 2.17 bits per heavy atom. The fraction of sp³-hybridized carbons (Fsp3) is 0.533. The molecule has 1 heterocycles. The van der Waals surface area contributed by atoms with Crippen LogP contribution in [0.25, 0.3) is 0 Å². The second-order valence-corrected chi connectivity index (χ2v) is 5.66. The average molecular weight is 244 g/mol. The van der Waals surface area contributed by atoms with Crippen LogP contribution in [0.15, 0.2) is 18.2 Å². The Hall–Kier alpha value is -1.51. The van der Waals surface area contributed by atoms with Gasteiger partial charge in [-0.15, -0.1) is 0 Å². The Morgan fingerprint density at radius 1 is 1.39 bits per heavy atom. The van der Waals surface area contributed by atoms with Gasteiger partial charge in [-0.3, -0.25) is 4.79 Å². The molecule has 0 radical (unpaired) electrons. The standard InChI is InChI=1S/C15H20N2O/c1-10(11-2-3-11)15(18)17-7-6-12-4-5-14(16)8-13(12)9-17/h4-5,8,10-11H,2-3,6-7,9,16H2,1H3. The third kappa shape index (κ3) is 2.09. The predicted octanol–water partition coefficient (Wildman–Crippen LogP) is 2.20. The molecular formula is C15H20N2O. The zero-order chi connectivity index (χ0) is 12.7. The molecule has 2 N–H and O–H groups in total. The van der Waals surface area contributed by atoms with E-state index in [4.69, 9.17) is 5.73 Å². The molecule has 1 fully saturated rings. The molecule has 1 aromatic carbocycles. The molecule has 96 valence electrons. The lowest BCUT2D eigenvalue weighted by molar-refractivity contribution is -0.136. The van der Waals surface area contributed by atoms with Crippen LogP contribution in [-0.2, 0) is 17.8 Å². The first-order chi connectivity index (χ1) is 8.65. The van der Waals surface area contributed by atoms with E-state index in [-0.39, 0.29) is 5.92 Å². The molecule has 0 spiro atoms. The average Bonchev–Trinajstić information content (AvgIpc) is 3.20. The lowest BCUT2D eigenvalue weighted by atomic mass is 9.97. The van der Waals surface area contributed by atoms with Gasteiger partial charge >= 0.3 is 0 Å². The highest BCUT2D eigenvalue weighted by Gasteiger charge is 2.35. The number of nitrogen functional groups attached to an aromatic ring is 1. The van der Waals surface area contributed by atoms with Crippen LogP contribution in [0.4, 0.5) is 5.69 Å². The number of hydrogen-bond acceptors (Lipinski definition) is 2. The maximum absolute atomic E-state index is 12.4. The summed E-state index contributed by atoms with van der Waals surface area (Å²) in [5.41, 5.74) is 9.17. The van der Waals surface area contributed by atoms with E-state index in [2.05, 4.69) is 13.0 Å². The number of rotatable bonds is 2. The van der Waals surface area contributed by atoms with Gasteiger partial charge in [0.25, 0.3) is 0 Å². The van der Waals surface area contributed by atoms with Gasteiger partial charge in [0.15, 0.2) is 0 Å². The number of carbonyl (C=O) groups is 1. The fourth-order valence-electron chi connectivity index (χ4n) is 2.85. The van der Waals surface area contributed by atoms with Crippen molar-refractivity contribution in [2.24, 2.45) is 11.8 Å². The minimum Gasteiger partial charge on any atom is -0.399 e. The number of nitrogens with two attached hydrogens (primary N) is 1. The van der Waals surface area contributed by atoms with Crippen molar-refractivity contribution in [3.63, 3.8) is 0 Å². The van der Waals surface area contributed by atoms with Crippen molar-refractivity contribution in [3.8, 4) is 0 Å². The van der Waals surface area contributed by atoms with Gasteiger partial charge in [-0.1, -0.05) is 13.0 Å². The lowest BCUT2D eigenvalue weighted by Gasteiger charge is -2.31. The number of anilines is 1. The Kier molecular flexibility index (Phi) is 2.77. The minimum atomic E-state index is 0.201. The Bertz CT molecular complexity index is 479. The molecule has 1 unspecified atom stereocenters. The van der Waals surface area contributed by atoms with Crippen LogP contribution in [-0.4, -0.2) is 17.4 Å². The van der Waals surface area contributed by atoms with Crippen LogP contribution in [0, 0.1) is 11.8 Å². The number of benzene rings is 1. The molecule has 1 aliphatic carbocycles. The number of carbonyl (C=O) groups excluding carboxylic acids is 1. The van der Waals surface area contributed by atoms with E-state index in [1.165, 1.54) is 24.0 Å². The zero-order valence-electron chi connectivity index (χ0n) is 10.9. The second-order valence-electron chi connectivity index (χ2n) is 5.66. The maximum atomic E-state index is 12.4. The highest BCUT2D eigenvalue weighted by Crippen LogP contribution is 2.38. The Labute approximate surface area is 108 Å². The van der Waals surface area contributed by atoms with Crippen LogP contribution >= 0.6 is 0 Å². The van der Waals surface area contributed by atoms with Gasteiger partial charge < -0.3 is 10.6 Å². The third-order valence-electron chi connectivity index (χ3n) is 4.27. The molecule has 0 aromatic heterocycles. The van der Waals surface area contributed by atoms with Crippen molar-refractivity contribution in [3.05, 3.63) is 29.3 Å². The lowest BCUT2D eigenvalue weighted by Crippen LogP contribution is -2.39. The highest BCUT2D eigenvalue weighted by molar-refractivity contribution is 5.79. The predicted molar refractivity (Wildman–Crippen MR) is 71.9 cm³/mol. The molecule has 1 saturated carbocycles. The van der Waals surface area contributed by atoms with Crippen LogP contribution < -0.4 is 5.73 Å². The smallest absolute Gasteiger partial charge is 0.225 e. The van der Waals surface area contributed by atoms with Crippen molar-refractivity contribution >= 4 is 11.6 Å². The van der Waals surface area contributed by atoms with Gasteiger partial charge in [0.1, 0.15) is 0 Å². The van der Waals surface area contributed by atoms with Gasteiger partial charge in [0, 0.05) is 24.7 Å². The van der Waals surface area contributed by atoms with E-state index < -0.39 is 0 Å². The van der Waals surface area contributed by atoms with Crippen LogP contribution in [0.3, 0.4) is 0 Å². The fourth-order valence-corrected chi connectivity index (χ4v) is 2.85. The summed E-state index contributed by atoms with van der Waals surface area (Å²) in [6.45, 7) is 3.66. The molecule has 3 nitrogen and oxygen atoms in total. The molecule has 0 bridgehead atoms. The van der Waals surface area contributed by atoms with Gasteiger partial charge in [-0.2, -0.15) is 0 Å². The third-order valence-corrected chi connectivity index (χ3v) is 4.27. The molecule has 1 aliphatic heterocycles. The SMILES string of the molecule is CC(C(=O)N1CCc2ccc(N)cc2C1)C1CC1. The highest BCUT2D eigenvalue weighted by atomic mass is 16.2. The molecule has 3 heteroatoms. The van der Waals surface area contributed by atoms with Gasteiger partial charge in [0.05, 0.1) is 0 Å². The number of hydrogen-bond donors (Lipinski definition) is 1. The molecule has 1 atom stereocenters. The van der Waals surface area contributed by atoms with E-state index in [1.54, 1.807) is 0 Å².